The molecule has 0 saturated heterocycles. The maximum absolute atomic E-state index is 14.3. The second-order valence-corrected chi connectivity index (χ2v) is 12.5. The first-order valence-corrected chi connectivity index (χ1v) is 16.1. The number of fused-ring (bicyclic) bond motifs is 1. The van der Waals surface area contributed by atoms with Crippen LogP contribution in [0.4, 0.5) is 5.69 Å². The molecule has 0 bridgehead atoms. The fourth-order valence-corrected chi connectivity index (χ4v) is 6.79. The van der Waals surface area contributed by atoms with Crippen LogP contribution in [-0.2, 0) is 11.4 Å². The first kappa shape index (κ1) is 32.1. The van der Waals surface area contributed by atoms with Gasteiger partial charge in [0.1, 0.15) is 12.4 Å². The van der Waals surface area contributed by atoms with Crippen molar-refractivity contribution in [3.63, 3.8) is 0 Å². The summed E-state index contributed by atoms with van der Waals surface area (Å²) < 4.78 is 19.1. The van der Waals surface area contributed by atoms with Crippen LogP contribution >= 0.6 is 34.5 Å². The molecule has 2 heterocycles. The second-order valence-electron chi connectivity index (χ2n) is 10.6. The number of benzene rings is 4. The lowest BCUT2D eigenvalue weighted by molar-refractivity contribution is -0.113. The Balaban J connectivity index is 1.47. The highest BCUT2D eigenvalue weighted by Crippen LogP contribution is 2.36. The topological polar surface area (TPSA) is 91.2 Å². The summed E-state index contributed by atoms with van der Waals surface area (Å²) >= 11 is 13.8. The number of nitrogens with one attached hydrogen (secondary N) is 1. The summed E-state index contributed by atoms with van der Waals surface area (Å²) in [6, 6.07) is 26.3. The van der Waals surface area contributed by atoms with Gasteiger partial charge in [-0.2, -0.15) is 0 Å². The van der Waals surface area contributed by atoms with E-state index in [9.17, 15) is 9.59 Å². The normalized spacial score (nSPS) is 14.3. The fourth-order valence-electron chi connectivity index (χ4n) is 5.36. The van der Waals surface area contributed by atoms with E-state index in [0.29, 0.717) is 64.7 Å². The van der Waals surface area contributed by atoms with Gasteiger partial charge in [0.05, 0.1) is 36.1 Å². The molecule has 47 heavy (non-hydrogen) atoms. The summed E-state index contributed by atoms with van der Waals surface area (Å²) in [5.41, 5.74) is 3.26. The van der Waals surface area contributed by atoms with Crippen molar-refractivity contribution in [1.82, 2.24) is 4.57 Å². The summed E-state index contributed by atoms with van der Waals surface area (Å²) in [7, 11) is 3.08. The van der Waals surface area contributed by atoms with Crippen LogP contribution in [0.2, 0.25) is 10.0 Å². The van der Waals surface area contributed by atoms with Gasteiger partial charge < -0.3 is 19.5 Å². The number of amides is 1. The van der Waals surface area contributed by atoms with E-state index in [4.69, 9.17) is 42.4 Å². The molecule has 1 amide bonds. The molecule has 5 aromatic rings. The van der Waals surface area contributed by atoms with Gasteiger partial charge in [-0.3, -0.25) is 14.2 Å². The van der Waals surface area contributed by atoms with E-state index in [2.05, 4.69) is 5.32 Å². The van der Waals surface area contributed by atoms with Crippen molar-refractivity contribution in [2.24, 2.45) is 4.99 Å². The number of hydrogen-bond acceptors (Lipinski definition) is 7. The molecule has 1 aliphatic heterocycles. The van der Waals surface area contributed by atoms with Gasteiger partial charge >= 0.3 is 0 Å². The largest absolute Gasteiger partial charge is 0.493 e. The zero-order chi connectivity index (χ0) is 33.1. The number of thiazole rings is 1. The molecule has 0 radical (unpaired) electrons. The number of carbonyl (C=O) groups is 1. The molecule has 1 aromatic heterocycles. The molecule has 8 nitrogen and oxygen atoms in total. The Labute approximate surface area is 284 Å². The summed E-state index contributed by atoms with van der Waals surface area (Å²) in [6.45, 7) is 2.03. The maximum Gasteiger partial charge on any atom is 0.271 e. The minimum atomic E-state index is -0.810. The van der Waals surface area contributed by atoms with Crippen molar-refractivity contribution in [3.05, 3.63) is 149 Å². The molecular weight excluding hydrogens is 657 g/mol. The third-order valence-corrected chi connectivity index (χ3v) is 9.02. The maximum atomic E-state index is 14.3. The minimum absolute atomic E-state index is 0.267. The molecule has 0 fully saturated rings. The molecule has 0 spiro atoms. The summed E-state index contributed by atoms with van der Waals surface area (Å²) in [4.78, 5) is 33.4. The van der Waals surface area contributed by atoms with Crippen LogP contribution in [0, 0.1) is 0 Å². The summed E-state index contributed by atoms with van der Waals surface area (Å²) in [6.07, 6.45) is 1.73. The van der Waals surface area contributed by atoms with Gasteiger partial charge in [-0.05, 0) is 78.7 Å². The number of carbonyl (C=O) groups excluding carboxylic acids is 1. The highest BCUT2D eigenvalue weighted by atomic mass is 35.5. The second kappa shape index (κ2) is 13.9. The zero-order valence-electron chi connectivity index (χ0n) is 25.6. The van der Waals surface area contributed by atoms with Gasteiger partial charge in [0.25, 0.3) is 11.5 Å². The highest BCUT2D eigenvalue weighted by molar-refractivity contribution is 7.07. The number of nitrogens with zero attached hydrogens (tertiary/aromatic N) is 2. The fraction of sp³-hybridized carbons (Fsp3) is 0.139. The summed E-state index contributed by atoms with van der Waals surface area (Å²) in [5, 5.41) is 4.06. The van der Waals surface area contributed by atoms with Crippen LogP contribution < -0.4 is 34.4 Å². The van der Waals surface area contributed by atoms with Crippen LogP contribution in [-0.4, -0.2) is 24.7 Å². The van der Waals surface area contributed by atoms with E-state index >= 15 is 0 Å². The molecule has 0 aliphatic carbocycles. The van der Waals surface area contributed by atoms with Crippen molar-refractivity contribution < 1.29 is 19.0 Å². The first-order chi connectivity index (χ1) is 22.7. The highest BCUT2D eigenvalue weighted by Gasteiger charge is 2.33. The van der Waals surface area contributed by atoms with Crippen molar-refractivity contribution in [1.29, 1.82) is 0 Å². The molecule has 238 valence electrons. The number of halogens is 2. The van der Waals surface area contributed by atoms with Gasteiger partial charge in [0, 0.05) is 21.3 Å². The van der Waals surface area contributed by atoms with Gasteiger partial charge in [0.15, 0.2) is 16.3 Å². The Morgan fingerprint density at radius 3 is 2.40 bits per heavy atom. The lowest BCUT2D eigenvalue weighted by Crippen LogP contribution is -2.40. The van der Waals surface area contributed by atoms with E-state index in [-0.39, 0.29) is 18.1 Å². The molecule has 0 saturated carbocycles. The van der Waals surface area contributed by atoms with Gasteiger partial charge in [-0.15, -0.1) is 0 Å². The Morgan fingerprint density at radius 1 is 0.915 bits per heavy atom. The van der Waals surface area contributed by atoms with Crippen molar-refractivity contribution in [2.75, 3.05) is 19.5 Å². The van der Waals surface area contributed by atoms with Crippen LogP contribution in [0.5, 0.6) is 17.2 Å². The smallest absolute Gasteiger partial charge is 0.271 e. The van der Waals surface area contributed by atoms with E-state index in [0.717, 1.165) is 5.56 Å². The van der Waals surface area contributed by atoms with Crippen LogP contribution in [0.1, 0.15) is 29.7 Å². The van der Waals surface area contributed by atoms with Crippen LogP contribution in [0.3, 0.4) is 0 Å². The predicted molar refractivity (Wildman–Crippen MR) is 186 cm³/mol. The number of aromatic nitrogens is 1. The number of allylic oxidation sites excluding steroid dienone is 1. The van der Waals surface area contributed by atoms with Gasteiger partial charge in [-0.1, -0.05) is 70.9 Å². The van der Waals surface area contributed by atoms with Crippen molar-refractivity contribution in [3.8, 4) is 17.2 Å². The summed E-state index contributed by atoms with van der Waals surface area (Å²) in [5.74, 6) is 1.14. The number of para-hydroxylation sites is 1. The third kappa shape index (κ3) is 6.83. The molecule has 1 atom stereocenters. The third-order valence-electron chi connectivity index (χ3n) is 7.56. The quantitative estimate of drug-likeness (QED) is 0.185. The van der Waals surface area contributed by atoms with E-state index in [1.165, 1.54) is 18.4 Å². The number of hydrogen-bond donors (Lipinski definition) is 1. The standard InChI is InChI=1S/C36H29Cl2N3O5S/c1-21-32(34(42)40-27-10-5-4-6-11-27)33(23-12-14-29(44-2)30(18-23)45-3)41-35(43)31(47-36(41)39-21)19-24-17-26(38)13-15-28(24)46-20-22-8-7-9-25(37)16-22/h4-19,33H,20H2,1-3H3,(H,40,42)/b31-19-/t33-/m0/s1. The monoisotopic (exact) mass is 685 g/mol. The lowest BCUT2D eigenvalue weighted by atomic mass is 9.94. The molecule has 4 aromatic carbocycles. The van der Waals surface area contributed by atoms with Gasteiger partial charge in [-0.25, -0.2) is 4.99 Å². The number of methoxy groups -OCH3 is 2. The SMILES string of the molecule is COc1ccc([C@H]2C(C(=O)Nc3ccccc3)=C(C)N=c3s/c(=C\c4cc(Cl)ccc4OCc4cccc(Cl)c4)c(=O)n32)cc1OC. The van der Waals surface area contributed by atoms with Gasteiger partial charge in [0.2, 0.25) is 0 Å². The zero-order valence-corrected chi connectivity index (χ0v) is 28.0. The number of anilines is 1. The molecule has 6 rings (SSSR count). The van der Waals surface area contributed by atoms with E-state index in [1.807, 2.05) is 42.5 Å². The Kier molecular flexibility index (Phi) is 9.49. The molecule has 1 aliphatic rings. The molecule has 1 N–H and O–H groups in total. The Bertz CT molecular complexity index is 2190. The average molecular weight is 687 g/mol. The van der Waals surface area contributed by atoms with E-state index in [1.54, 1.807) is 73.2 Å². The minimum Gasteiger partial charge on any atom is -0.493 e. The Hall–Kier alpha value is -4.83. The van der Waals surface area contributed by atoms with Crippen LogP contribution in [0.25, 0.3) is 6.08 Å². The Morgan fingerprint density at radius 2 is 1.66 bits per heavy atom. The van der Waals surface area contributed by atoms with Crippen LogP contribution in [0.15, 0.2) is 112 Å². The molecule has 11 heteroatoms. The number of ether oxygens (including phenoxy) is 3. The first-order valence-electron chi connectivity index (χ1n) is 14.5. The lowest BCUT2D eigenvalue weighted by Gasteiger charge is -2.26. The predicted octanol–water partition coefficient (Wildman–Crippen LogP) is 6.78. The average Bonchev–Trinajstić information content (AvgIpc) is 3.37. The van der Waals surface area contributed by atoms with Crippen molar-refractivity contribution in [2.45, 2.75) is 19.6 Å². The van der Waals surface area contributed by atoms with E-state index < -0.39 is 6.04 Å². The molecule has 0 unspecified atom stereocenters. The number of rotatable bonds is 9. The molecular formula is C36H29Cl2N3O5S. The van der Waals surface area contributed by atoms with Crippen molar-refractivity contribution >= 4 is 52.2 Å².